The lowest BCUT2D eigenvalue weighted by Crippen LogP contribution is -2.43. The minimum absolute atomic E-state index is 0.635. The third-order valence-electron chi connectivity index (χ3n) is 4.22. The molecule has 0 aliphatic carbocycles. The SMILES string of the molecule is CCC(C)NCC(C)N(CC)CCCN(CC)CC. The topological polar surface area (TPSA) is 18.5 Å². The summed E-state index contributed by atoms with van der Waals surface area (Å²) < 4.78 is 0. The lowest BCUT2D eigenvalue weighted by Gasteiger charge is -2.30. The molecule has 0 bridgehead atoms. The van der Waals surface area contributed by atoms with E-state index in [1.54, 1.807) is 0 Å². The zero-order valence-corrected chi connectivity index (χ0v) is 14.2. The van der Waals surface area contributed by atoms with Gasteiger partial charge in [0, 0.05) is 18.6 Å². The molecule has 19 heavy (non-hydrogen) atoms. The molecule has 0 saturated carbocycles. The van der Waals surface area contributed by atoms with Crippen LogP contribution in [-0.2, 0) is 0 Å². The summed E-state index contributed by atoms with van der Waals surface area (Å²) in [6.45, 7) is 20.7. The van der Waals surface area contributed by atoms with Crippen LogP contribution in [0.5, 0.6) is 0 Å². The van der Waals surface area contributed by atoms with Gasteiger partial charge < -0.3 is 10.2 Å². The van der Waals surface area contributed by atoms with E-state index in [1.165, 1.54) is 39.0 Å². The van der Waals surface area contributed by atoms with Crippen molar-refractivity contribution in [1.29, 1.82) is 0 Å². The van der Waals surface area contributed by atoms with Crippen molar-refractivity contribution in [2.75, 3.05) is 39.3 Å². The van der Waals surface area contributed by atoms with Gasteiger partial charge in [0.2, 0.25) is 0 Å². The summed E-state index contributed by atoms with van der Waals surface area (Å²) >= 11 is 0. The maximum absolute atomic E-state index is 3.62. The van der Waals surface area contributed by atoms with Crippen molar-refractivity contribution < 1.29 is 0 Å². The van der Waals surface area contributed by atoms with E-state index in [9.17, 15) is 0 Å². The molecule has 0 radical (unpaired) electrons. The fourth-order valence-electron chi connectivity index (χ4n) is 2.37. The summed E-state index contributed by atoms with van der Waals surface area (Å²) in [5, 5.41) is 3.62. The zero-order chi connectivity index (χ0) is 14.7. The second-order valence-corrected chi connectivity index (χ2v) is 5.58. The summed E-state index contributed by atoms with van der Waals surface area (Å²) in [6.07, 6.45) is 2.49. The van der Waals surface area contributed by atoms with Crippen LogP contribution in [0.3, 0.4) is 0 Å². The molecule has 0 spiro atoms. The minimum Gasteiger partial charge on any atom is -0.313 e. The Morgan fingerprint density at radius 3 is 2.00 bits per heavy atom. The molecule has 0 fully saturated rings. The first-order valence-corrected chi connectivity index (χ1v) is 8.28. The van der Waals surface area contributed by atoms with Crippen LogP contribution < -0.4 is 5.32 Å². The van der Waals surface area contributed by atoms with Crippen molar-refractivity contribution in [1.82, 2.24) is 15.1 Å². The van der Waals surface area contributed by atoms with E-state index < -0.39 is 0 Å². The van der Waals surface area contributed by atoms with E-state index in [-0.39, 0.29) is 0 Å². The van der Waals surface area contributed by atoms with Crippen molar-refractivity contribution in [3.63, 3.8) is 0 Å². The summed E-state index contributed by atoms with van der Waals surface area (Å²) in [5.41, 5.74) is 0. The largest absolute Gasteiger partial charge is 0.313 e. The molecule has 2 atom stereocenters. The van der Waals surface area contributed by atoms with Gasteiger partial charge in [-0.3, -0.25) is 4.90 Å². The molecule has 0 aromatic heterocycles. The molecule has 0 amide bonds. The van der Waals surface area contributed by atoms with E-state index in [4.69, 9.17) is 0 Å². The summed E-state index contributed by atoms with van der Waals surface area (Å²) in [7, 11) is 0. The number of nitrogens with one attached hydrogen (secondary N) is 1. The third kappa shape index (κ3) is 8.61. The molecular formula is C16H37N3. The Morgan fingerprint density at radius 2 is 1.53 bits per heavy atom. The van der Waals surface area contributed by atoms with E-state index in [1.807, 2.05) is 0 Å². The molecule has 0 heterocycles. The summed E-state index contributed by atoms with van der Waals surface area (Å²) in [6, 6.07) is 1.27. The number of hydrogen-bond donors (Lipinski definition) is 1. The molecule has 1 N–H and O–H groups in total. The van der Waals surface area contributed by atoms with Crippen LogP contribution in [-0.4, -0.2) is 61.2 Å². The van der Waals surface area contributed by atoms with Crippen molar-refractivity contribution in [3.8, 4) is 0 Å². The first-order valence-electron chi connectivity index (χ1n) is 8.28. The molecule has 0 aromatic rings. The monoisotopic (exact) mass is 271 g/mol. The van der Waals surface area contributed by atoms with Crippen LogP contribution >= 0.6 is 0 Å². The Labute approximate surface area is 121 Å². The van der Waals surface area contributed by atoms with Gasteiger partial charge in [-0.05, 0) is 59.4 Å². The predicted octanol–water partition coefficient (Wildman–Crippen LogP) is 2.82. The van der Waals surface area contributed by atoms with Crippen molar-refractivity contribution in [2.24, 2.45) is 0 Å². The van der Waals surface area contributed by atoms with Crippen LogP contribution in [0.4, 0.5) is 0 Å². The average Bonchev–Trinajstić information content (AvgIpc) is 2.44. The Morgan fingerprint density at radius 1 is 0.895 bits per heavy atom. The first-order chi connectivity index (χ1) is 9.08. The van der Waals surface area contributed by atoms with Gasteiger partial charge in [0.15, 0.2) is 0 Å². The molecule has 116 valence electrons. The number of likely N-dealkylation sites (N-methyl/N-ethyl adjacent to an activating group) is 1. The highest BCUT2D eigenvalue weighted by atomic mass is 15.2. The van der Waals surface area contributed by atoms with Gasteiger partial charge in [-0.25, -0.2) is 0 Å². The highest BCUT2D eigenvalue weighted by Gasteiger charge is 2.12. The number of hydrogen-bond acceptors (Lipinski definition) is 3. The molecule has 0 aliphatic rings. The molecule has 3 heteroatoms. The molecular weight excluding hydrogens is 234 g/mol. The van der Waals surface area contributed by atoms with E-state index in [0.717, 1.165) is 13.1 Å². The number of rotatable bonds is 12. The zero-order valence-electron chi connectivity index (χ0n) is 14.2. The Bertz CT molecular complexity index is 192. The van der Waals surface area contributed by atoms with Crippen LogP contribution in [0.25, 0.3) is 0 Å². The van der Waals surface area contributed by atoms with E-state index in [0.29, 0.717) is 12.1 Å². The van der Waals surface area contributed by atoms with Crippen molar-refractivity contribution >= 4 is 0 Å². The van der Waals surface area contributed by atoms with Gasteiger partial charge in [0.25, 0.3) is 0 Å². The van der Waals surface area contributed by atoms with Gasteiger partial charge in [0.05, 0.1) is 0 Å². The Hall–Kier alpha value is -0.120. The standard InChI is InChI=1S/C16H37N3/c1-7-15(5)17-14-16(6)19(10-4)13-11-12-18(8-2)9-3/h15-17H,7-14H2,1-6H3. The highest BCUT2D eigenvalue weighted by molar-refractivity contribution is 4.71. The average molecular weight is 271 g/mol. The van der Waals surface area contributed by atoms with Gasteiger partial charge in [-0.2, -0.15) is 0 Å². The third-order valence-corrected chi connectivity index (χ3v) is 4.22. The molecule has 0 aliphatic heterocycles. The molecule has 0 aromatic carbocycles. The lowest BCUT2D eigenvalue weighted by atomic mass is 10.2. The first kappa shape index (κ1) is 18.9. The highest BCUT2D eigenvalue weighted by Crippen LogP contribution is 2.02. The second-order valence-electron chi connectivity index (χ2n) is 5.58. The quantitative estimate of drug-likeness (QED) is 0.589. The Balaban J connectivity index is 3.91. The maximum atomic E-state index is 3.62. The van der Waals surface area contributed by atoms with E-state index in [2.05, 4.69) is 56.7 Å². The lowest BCUT2D eigenvalue weighted by molar-refractivity contribution is 0.193. The number of nitrogens with zero attached hydrogens (tertiary/aromatic N) is 2. The predicted molar refractivity (Wildman–Crippen MR) is 86.9 cm³/mol. The van der Waals surface area contributed by atoms with Gasteiger partial charge in [-0.15, -0.1) is 0 Å². The smallest absolute Gasteiger partial charge is 0.0192 e. The minimum atomic E-state index is 0.635. The van der Waals surface area contributed by atoms with Crippen LogP contribution in [0, 0.1) is 0 Å². The normalized spacial score (nSPS) is 15.2. The molecule has 0 saturated heterocycles. The Kier molecular flexibility index (Phi) is 11.6. The fourth-order valence-corrected chi connectivity index (χ4v) is 2.37. The fraction of sp³-hybridized carbons (Fsp3) is 1.00. The van der Waals surface area contributed by atoms with Gasteiger partial charge in [0.1, 0.15) is 0 Å². The maximum Gasteiger partial charge on any atom is 0.0192 e. The van der Waals surface area contributed by atoms with Gasteiger partial charge in [-0.1, -0.05) is 27.7 Å². The molecule has 2 unspecified atom stereocenters. The summed E-state index contributed by atoms with van der Waals surface area (Å²) in [4.78, 5) is 5.11. The molecule has 0 rings (SSSR count). The van der Waals surface area contributed by atoms with Crippen molar-refractivity contribution in [2.45, 2.75) is 66.5 Å². The van der Waals surface area contributed by atoms with Crippen LogP contribution in [0.15, 0.2) is 0 Å². The van der Waals surface area contributed by atoms with Crippen molar-refractivity contribution in [3.05, 3.63) is 0 Å². The van der Waals surface area contributed by atoms with Crippen LogP contribution in [0.2, 0.25) is 0 Å². The summed E-state index contributed by atoms with van der Waals surface area (Å²) in [5.74, 6) is 0. The molecule has 3 nitrogen and oxygen atoms in total. The van der Waals surface area contributed by atoms with Crippen LogP contribution in [0.1, 0.15) is 54.4 Å². The second kappa shape index (κ2) is 11.7. The van der Waals surface area contributed by atoms with E-state index >= 15 is 0 Å². The van der Waals surface area contributed by atoms with Gasteiger partial charge >= 0.3 is 0 Å².